The molecule has 0 aliphatic carbocycles. The SMILES string of the molecule is COC(=O)c1cccc(NC(=O)c2ccc(NC(=S)CCc3ccc(C)cc3)c(C)c2)c1.[HH].[HH]. The van der Waals surface area contributed by atoms with Crippen molar-refractivity contribution in [2.45, 2.75) is 26.7 Å². The molecule has 0 saturated carbocycles. The second-order valence-corrected chi connectivity index (χ2v) is 8.08. The zero-order chi connectivity index (χ0) is 23.1. The summed E-state index contributed by atoms with van der Waals surface area (Å²) in [7, 11) is 1.32. The highest BCUT2D eigenvalue weighted by Gasteiger charge is 2.11. The Labute approximate surface area is 196 Å². The molecule has 0 aliphatic rings. The monoisotopic (exact) mass is 450 g/mol. The number of nitrogens with one attached hydrogen (secondary N) is 2. The van der Waals surface area contributed by atoms with Crippen LogP contribution in [0.3, 0.4) is 0 Å². The molecule has 0 unspecified atom stereocenters. The molecule has 3 aromatic rings. The van der Waals surface area contributed by atoms with Crippen LogP contribution in [-0.4, -0.2) is 24.0 Å². The largest absolute Gasteiger partial charge is 0.465 e. The van der Waals surface area contributed by atoms with Crippen LogP contribution in [0, 0.1) is 13.8 Å². The first-order chi connectivity index (χ1) is 15.4. The number of aryl methyl sites for hydroxylation is 3. The number of rotatable bonds is 7. The Balaban J connectivity index is 0.00000289. The first kappa shape index (κ1) is 23.2. The van der Waals surface area contributed by atoms with Gasteiger partial charge < -0.3 is 15.4 Å². The number of amides is 1. The predicted molar refractivity (Wildman–Crippen MR) is 137 cm³/mol. The van der Waals surface area contributed by atoms with Gasteiger partial charge in [-0.1, -0.05) is 48.1 Å². The number of thiocarbonyl (C=S) groups is 1. The fraction of sp³-hybridized carbons (Fsp3) is 0.192. The molecule has 5 nitrogen and oxygen atoms in total. The van der Waals surface area contributed by atoms with Gasteiger partial charge in [0.1, 0.15) is 0 Å². The van der Waals surface area contributed by atoms with Crippen LogP contribution < -0.4 is 10.6 Å². The number of hydrogen-bond acceptors (Lipinski definition) is 4. The molecule has 0 fully saturated rings. The lowest BCUT2D eigenvalue weighted by atomic mass is 10.1. The van der Waals surface area contributed by atoms with E-state index >= 15 is 0 Å². The quantitative estimate of drug-likeness (QED) is 0.331. The third-order valence-corrected chi connectivity index (χ3v) is 5.37. The van der Waals surface area contributed by atoms with Crippen LogP contribution in [0.25, 0.3) is 0 Å². The number of ether oxygens (including phenoxy) is 1. The van der Waals surface area contributed by atoms with Crippen molar-refractivity contribution in [3.05, 3.63) is 94.5 Å². The maximum atomic E-state index is 12.7. The third-order valence-electron chi connectivity index (χ3n) is 5.07. The van der Waals surface area contributed by atoms with Gasteiger partial charge in [-0.3, -0.25) is 4.79 Å². The lowest BCUT2D eigenvalue weighted by Gasteiger charge is -2.13. The van der Waals surface area contributed by atoms with E-state index in [0.717, 1.165) is 29.1 Å². The fourth-order valence-electron chi connectivity index (χ4n) is 3.22. The zero-order valence-electron chi connectivity index (χ0n) is 18.4. The summed E-state index contributed by atoms with van der Waals surface area (Å²) < 4.78 is 4.72. The number of carbonyl (C=O) groups is 2. The van der Waals surface area contributed by atoms with E-state index in [-0.39, 0.29) is 8.76 Å². The number of esters is 1. The van der Waals surface area contributed by atoms with Crippen LogP contribution in [-0.2, 0) is 11.2 Å². The molecule has 32 heavy (non-hydrogen) atoms. The van der Waals surface area contributed by atoms with Gasteiger partial charge >= 0.3 is 5.97 Å². The normalized spacial score (nSPS) is 10.3. The smallest absolute Gasteiger partial charge is 0.337 e. The van der Waals surface area contributed by atoms with Gasteiger partial charge in [-0.2, -0.15) is 0 Å². The topological polar surface area (TPSA) is 67.4 Å². The van der Waals surface area contributed by atoms with Gasteiger partial charge in [0.25, 0.3) is 5.91 Å². The highest BCUT2D eigenvalue weighted by Crippen LogP contribution is 2.19. The van der Waals surface area contributed by atoms with Crippen molar-refractivity contribution < 1.29 is 17.2 Å². The van der Waals surface area contributed by atoms with Crippen LogP contribution in [0.2, 0.25) is 0 Å². The first-order valence-electron chi connectivity index (χ1n) is 10.3. The molecule has 0 bridgehead atoms. The summed E-state index contributed by atoms with van der Waals surface area (Å²) in [5, 5.41) is 6.10. The first-order valence-corrected chi connectivity index (χ1v) is 10.7. The zero-order valence-corrected chi connectivity index (χ0v) is 19.2. The minimum atomic E-state index is -0.453. The van der Waals surface area contributed by atoms with Gasteiger partial charge in [-0.25, -0.2) is 4.79 Å². The van der Waals surface area contributed by atoms with Crippen molar-refractivity contribution in [3.63, 3.8) is 0 Å². The molecule has 3 rings (SSSR count). The number of carbonyl (C=O) groups excluding carboxylic acids is 2. The Hall–Kier alpha value is -3.51. The van der Waals surface area contributed by atoms with Gasteiger partial charge in [0.05, 0.1) is 17.7 Å². The Morgan fingerprint density at radius 1 is 0.938 bits per heavy atom. The average molecular weight is 451 g/mol. The van der Waals surface area contributed by atoms with Crippen molar-refractivity contribution >= 4 is 40.5 Å². The summed E-state index contributed by atoms with van der Waals surface area (Å²) >= 11 is 5.51. The van der Waals surface area contributed by atoms with Gasteiger partial charge in [0, 0.05) is 26.2 Å². The number of methoxy groups -OCH3 is 1. The Kier molecular flexibility index (Phi) is 7.73. The van der Waals surface area contributed by atoms with Crippen LogP contribution in [0.1, 0.15) is 46.7 Å². The molecule has 0 aliphatic heterocycles. The van der Waals surface area contributed by atoms with Crippen LogP contribution in [0.5, 0.6) is 0 Å². The maximum absolute atomic E-state index is 12.7. The lowest BCUT2D eigenvalue weighted by Crippen LogP contribution is -2.14. The molecule has 0 aromatic heterocycles. The van der Waals surface area contributed by atoms with Crippen molar-refractivity contribution in [2.75, 3.05) is 17.7 Å². The van der Waals surface area contributed by atoms with Crippen LogP contribution >= 0.6 is 12.2 Å². The molecule has 2 N–H and O–H groups in total. The minimum absolute atomic E-state index is 0. The average Bonchev–Trinajstić information content (AvgIpc) is 2.79. The second-order valence-electron chi connectivity index (χ2n) is 7.59. The van der Waals surface area contributed by atoms with Crippen LogP contribution in [0.4, 0.5) is 11.4 Å². The fourth-order valence-corrected chi connectivity index (χ4v) is 3.43. The molecule has 168 valence electrons. The van der Waals surface area contributed by atoms with Gasteiger partial charge in [0.15, 0.2) is 0 Å². The Bertz CT molecular complexity index is 1150. The number of hydrogen-bond donors (Lipinski definition) is 2. The molecule has 0 atom stereocenters. The summed E-state index contributed by atoms with van der Waals surface area (Å²) in [5.41, 5.74) is 5.70. The third kappa shape index (κ3) is 6.25. The molecule has 3 aromatic carbocycles. The number of benzene rings is 3. The molecule has 0 spiro atoms. The Morgan fingerprint density at radius 2 is 1.69 bits per heavy atom. The predicted octanol–water partition coefficient (Wildman–Crippen LogP) is 6.21. The summed E-state index contributed by atoms with van der Waals surface area (Å²) in [5.74, 6) is -0.714. The molecule has 1 amide bonds. The summed E-state index contributed by atoms with van der Waals surface area (Å²) in [4.78, 5) is 25.1. The van der Waals surface area contributed by atoms with Gasteiger partial charge in [-0.15, -0.1) is 0 Å². The van der Waals surface area contributed by atoms with Crippen molar-refractivity contribution in [2.24, 2.45) is 0 Å². The molecule has 0 radical (unpaired) electrons. The highest BCUT2D eigenvalue weighted by molar-refractivity contribution is 7.80. The van der Waals surface area contributed by atoms with E-state index < -0.39 is 5.97 Å². The van der Waals surface area contributed by atoms with E-state index in [9.17, 15) is 9.59 Å². The van der Waals surface area contributed by atoms with Gasteiger partial charge in [0.2, 0.25) is 0 Å². The standard InChI is InChI=1S/C26H26N2O3S.2H2/c1-17-7-9-19(10-8-17)11-14-24(32)28-23-13-12-20(15-18(23)2)25(29)27-22-6-4-5-21(16-22)26(30)31-3;;/h4-10,12-13,15-16H,11,14H2,1-3H3,(H,27,29)(H,28,32);2*1H. The van der Waals surface area contributed by atoms with Gasteiger partial charge in [-0.05, 0) is 67.8 Å². The van der Waals surface area contributed by atoms with Crippen molar-refractivity contribution in [3.8, 4) is 0 Å². The summed E-state index contributed by atoms with van der Waals surface area (Å²) in [6.07, 6.45) is 1.62. The summed E-state index contributed by atoms with van der Waals surface area (Å²) in [6, 6.07) is 20.5. The minimum Gasteiger partial charge on any atom is -0.465 e. The van der Waals surface area contributed by atoms with Crippen LogP contribution in [0.15, 0.2) is 66.7 Å². The second kappa shape index (κ2) is 10.7. The highest BCUT2D eigenvalue weighted by atomic mass is 32.1. The molecular formula is C26H30N2O3S. The van der Waals surface area contributed by atoms with E-state index in [1.807, 2.05) is 19.1 Å². The summed E-state index contributed by atoms with van der Waals surface area (Å²) in [6.45, 7) is 4.00. The number of anilines is 2. The van der Waals surface area contributed by atoms with E-state index in [4.69, 9.17) is 17.0 Å². The molecule has 6 heteroatoms. The van der Waals surface area contributed by atoms with E-state index in [0.29, 0.717) is 16.8 Å². The van der Waals surface area contributed by atoms with Crippen molar-refractivity contribution in [1.29, 1.82) is 0 Å². The van der Waals surface area contributed by atoms with E-state index in [2.05, 4.69) is 41.8 Å². The maximum Gasteiger partial charge on any atom is 0.337 e. The van der Waals surface area contributed by atoms with E-state index in [1.165, 1.54) is 18.2 Å². The van der Waals surface area contributed by atoms with Crippen molar-refractivity contribution in [1.82, 2.24) is 0 Å². The molecule has 0 saturated heterocycles. The van der Waals surface area contributed by atoms with E-state index in [1.54, 1.807) is 30.3 Å². The molecular weight excluding hydrogens is 420 g/mol. The molecule has 0 heterocycles. The lowest BCUT2D eigenvalue weighted by molar-refractivity contribution is 0.0600. The Morgan fingerprint density at radius 3 is 2.38 bits per heavy atom.